The topological polar surface area (TPSA) is 68.5 Å². The number of nitrogens with zero attached hydrogens (tertiary/aromatic N) is 3. The van der Waals surface area contributed by atoms with Crippen molar-refractivity contribution in [2.45, 2.75) is 51.7 Å². The van der Waals surface area contributed by atoms with Gasteiger partial charge in [0.25, 0.3) is 5.91 Å². The second-order valence-electron chi connectivity index (χ2n) is 6.66. The quantitative estimate of drug-likeness (QED) is 0.847. The summed E-state index contributed by atoms with van der Waals surface area (Å²) in [5, 5.41) is 4.01. The monoisotopic (exact) mass is 327 g/mol. The van der Waals surface area contributed by atoms with Crippen LogP contribution in [0.3, 0.4) is 0 Å². The van der Waals surface area contributed by atoms with Crippen molar-refractivity contribution in [3.05, 3.63) is 41.0 Å². The van der Waals surface area contributed by atoms with E-state index in [1.165, 1.54) is 0 Å². The number of amides is 1. The predicted molar refractivity (Wildman–Crippen MR) is 87.0 cm³/mol. The first-order valence-corrected chi connectivity index (χ1v) is 8.47. The van der Waals surface area contributed by atoms with Crippen LogP contribution in [-0.4, -0.2) is 33.6 Å². The standard InChI is InChI=1S/C18H21N3O3/c1-10-11(2)23-16-13(10)6-4-7-14(16)18(22)21-9-5-8-15(21)17-19-12(3)24-20-17/h4,6-7,10-11,15H,5,8-9H2,1-3H3/t10-,11+,15-/m0/s1. The third kappa shape index (κ3) is 2.28. The number of likely N-dealkylation sites (tertiary alicyclic amines) is 1. The van der Waals surface area contributed by atoms with Crippen LogP contribution in [0.15, 0.2) is 22.7 Å². The van der Waals surface area contributed by atoms with Gasteiger partial charge in [-0.1, -0.05) is 24.2 Å². The van der Waals surface area contributed by atoms with Gasteiger partial charge in [0.1, 0.15) is 11.9 Å². The molecule has 0 radical (unpaired) electrons. The molecule has 1 amide bonds. The van der Waals surface area contributed by atoms with Crippen LogP contribution in [0.1, 0.15) is 66.3 Å². The van der Waals surface area contributed by atoms with E-state index in [2.05, 4.69) is 17.1 Å². The maximum Gasteiger partial charge on any atom is 0.258 e. The zero-order valence-corrected chi connectivity index (χ0v) is 14.2. The number of rotatable bonds is 2. The van der Waals surface area contributed by atoms with E-state index in [0.29, 0.717) is 29.7 Å². The van der Waals surface area contributed by atoms with Crippen molar-refractivity contribution in [1.82, 2.24) is 15.0 Å². The van der Waals surface area contributed by atoms with Gasteiger partial charge in [0.05, 0.1) is 11.6 Å². The molecule has 0 unspecified atom stereocenters. The van der Waals surface area contributed by atoms with E-state index >= 15 is 0 Å². The van der Waals surface area contributed by atoms with Gasteiger partial charge < -0.3 is 14.2 Å². The van der Waals surface area contributed by atoms with Crippen molar-refractivity contribution >= 4 is 5.91 Å². The molecule has 3 atom stereocenters. The maximum atomic E-state index is 13.2. The SMILES string of the molecule is Cc1nc([C@@H]2CCCN2C(=O)c2cccc3c2O[C@H](C)[C@@H]3C)no1. The molecule has 0 N–H and O–H groups in total. The van der Waals surface area contributed by atoms with Gasteiger partial charge >= 0.3 is 0 Å². The smallest absolute Gasteiger partial charge is 0.258 e. The maximum absolute atomic E-state index is 13.2. The lowest BCUT2D eigenvalue weighted by molar-refractivity contribution is 0.0723. The highest BCUT2D eigenvalue weighted by molar-refractivity contribution is 5.98. The molecule has 24 heavy (non-hydrogen) atoms. The molecule has 1 aromatic carbocycles. The van der Waals surface area contributed by atoms with Crippen LogP contribution in [0.5, 0.6) is 5.75 Å². The molecule has 2 aliphatic heterocycles. The fourth-order valence-corrected chi connectivity index (χ4v) is 3.64. The predicted octanol–water partition coefficient (Wildman–Crippen LogP) is 3.24. The minimum atomic E-state index is -0.123. The summed E-state index contributed by atoms with van der Waals surface area (Å²) in [5.41, 5.74) is 1.75. The first-order valence-electron chi connectivity index (χ1n) is 8.47. The second kappa shape index (κ2) is 5.61. The van der Waals surface area contributed by atoms with E-state index in [4.69, 9.17) is 9.26 Å². The summed E-state index contributed by atoms with van der Waals surface area (Å²) >= 11 is 0. The van der Waals surface area contributed by atoms with Crippen molar-refractivity contribution in [3.63, 3.8) is 0 Å². The minimum Gasteiger partial charge on any atom is -0.489 e. The van der Waals surface area contributed by atoms with E-state index in [1.54, 1.807) is 6.92 Å². The molecular weight excluding hydrogens is 306 g/mol. The lowest BCUT2D eigenvalue weighted by Crippen LogP contribution is -2.31. The number of para-hydroxylation sites is 1. The number of aryl methyl sites for hydroxylation is 1. The fourth-order valence-electron chi connectivity index (χ4n) is 3.64. The molecule has 4 rings (SSSR count). The molecule has 126 valence electrons. The van der Waals surface area contributed by atoms with Gasteiger partial charge in [0.2, 0.25) is 5.89 Å². The lowest BCUT2D eigenvalue weighted by Gasteiger charge is -2.23. The Balaban J connectivity index is 1.67. The van der Waals surface area contributed by atoms with Crippen LogP contribution in [0.2, 0.25) is 0 Å². The van der Waals surface area contributed by atoms with Crippen molar-refractivity contribution < 1.29 is 14.1 Å². The molecule has 6 nitrogen and oxygen atoms in total. The Hall–Kier alpha value is -2.37. The molecule has 1 fully saturated rings. The van der Waals surface area contributed by atoms with Crippen molar-refractivity contribution in [1.29, 1.82) is 0 Å². The molecule has 0 aliphatic carbocycles. The van der Waals surface area contributed by atoms with Crippen molar-refractivity contribution in [3.8, 4) is 5.75 Å². The fraction of sp³-hybridized carbons (Fsp3) is 0.500. The molecule has 3 heterocycles. The number of ether oxygens (including phenoxy) is 1. The Morgan fingerprint density at radius 2 is 2.17 bits per heavy atom. The number of carbonyl (C=O) groups excluding carboxylic acids is 1. The molecule has 0 saturated carbocycles. The number of benzene rings is 1. The van der Waals surface area contributed by atoms with E-state index in [9.17, 15) is 4.79 Å². The van der Waals surface area contributed by atoms with Gasteiger partial charge in [0.15, 0.2) is 5.82 Å². The summed E-state index contributed by atoms with van der Waals surface area (Å²) in [6, 6.07) is 5.71. The summed E-state index contributed by atoms with van der Waals surface area (Å²) in [6.07, 6.45) is 1.88. The summed E-state index contributed by atoms with van der Waals surface area (Å²) < 4.78 is 11.1. The molecule has 2 aromatic rings. The minimum absolute atomic E-state index is 0.0156. The first kappa shape index (κ1) is 15.2. The third-order valence-corrected chi connectivity index (χ3v) is 5.13. The van der Waals surface area contributed by atoms with Gasteiger partial charge in [-0.05, 0) is 25.8 Å². The molecular formula is C18H21N3O3. The molecule has 6 heteroatoms. The molecule has 0 bridgehead atoms. The second-order valence-corrected chi connectivity index (χ2v) is 6.66. The Morgan fingerprint density at radius 1 is 1.33 bits per heavy atom. The Morgan fingerprint density at radius 3 is 2.92 bits per heavy atom. The van der Waals surface area contributed by atoms with Crippen molar-refractivity contribution in [2.24, 2.45) is 0 Å². The molecule has 2 aliphatic rings. The van der Waals surface area contributed by atoms with E-state index < -0.39 is 0 Å². The van der Waals surface area contributed by atoms with Gasteiger partial charge in [-0.25, -0.2) is 0 Å². The molecule has 1 saturated heterocycles. The highest BCUT2D eigenvalue weighted by atomic mass is 16.5. The average molecular weight is 327 g/mol. The van der Waals surface area contributed by atoms with Crippen LogP contribution in [0.25, 0.3) is 0 Å². The average Bonchev–Trinajstić information content (AvgIpc) is 3.27. The lowest BCUT2D eigenvalue weighted by atomic mass is 9.96. The van der Waals surface area contributed by atoms with Crippen LogP contribution < -0.4 is 4.74 Å². The zero-order chi connectivity index (χ0) is 16.8. The van der Waals surface area contributed by atoms with E-state index in [-0.39, 0.29) is 18.1 Å². The van der Waals surface area contributed by atoms with Gasteiger partial charge in [0, 0.05) is 24.9 Å². The highest BCUT2D eigenvalue weighted by Gasteiger charge is 2.37. The third-order valence-electron chi connectivity index (χ3n) is 5.13. The number of hydrogen-bond donors (Lipinski definition) is 0. The van der Waals surface area contributed by atoms with Gasteiger partial charge in [-0.15, -0.1) is 0 Å². The number of fused-ring (bicyclic) bond motifs is 1. The van der Waals surface area contributed by atoms with Crippen LogP contribution in [0, 0.1) is 6.92 Å². The first-order chi connectivity index (χ1) is 11.6. The highest BCUT2D eigenvalue weighted by Crippen LogP contribution is 2.42. The van der Waals surface area contributed by atoms with E-state index in [0.717, 1.165) is 24.2 Å². The van der Waals surface area contributed by atoms with Gasteiger partial charge in [-0.2, -0.15) is 4.98 Å². The summed E-state index contributed by atoms with van der Waals surface area (Å²) in [6.45, 7) is 6.63. The summed E-state index contributed by atoms with van der Waals surface area (Å²) in [7, 11) is 0. The van der Waals surface area contributed by atoms with E-state index in [1.807, 2.05) is 30.0 Å². The van der Waals surface area contributed by atoms with Gasteiger partial charge in [-0.3, -0.25) is 4.79 Å². The molecule has 1 aromatic heterocycles. The number of carbonyl (C=O) groups is 1. The van der Waals surface area contributed by atoms with Crippen LogP contribution in [0.4, 0.5) is 0 Å². The normalized spacial score (nSPS) is 25.6. The van der Waals surface area contributed by atoms with Crippen LogP contribution >= 0.6 is 0 Å². The van der Waals surface area contributed by atoms with Crippen molar-refractivity contribution in [2.75, 3.05) is 6.54 Å². The summed E-state index contributed by atoms with van der Waals surface area (Å²) in [4.78, 5) is 19.3. The summed E-state index contributed by atoms with van der Waals surface area (Å²) in [5.74, 6) is 2.13. The molecule has 0 spiro atoms. The number of hydrogen-bond acceptors (Lipinski definition) is 5. The zero-order valence-electron chi connectivity index (χ0n) is 14.2. The largest absolute Gasteiger partial charge is 0.489 e. The van der Waals surface area contributed by atoms with Crippen LogP contribution in [-0.2, 0) is 0 Å². The number of aromatic nitrogens is 2. The Kier molecular flexibility index (Phi) is 3.55. The Bertz CT molecular complexity index is 786. The Labute approximate surface area is 140 Å².